The Labute approximate surface area is 106 Å². The van der Waals surface area contributed by atoms with Crippen molar-refractivity contribution in [1.29, 1.82) is 0 Å². The van der Waals surface area contributed by atoms with Crippen LogP contribution < -0.4 is 0 Å². The zero-order valence-electron chi connectivity index (χ0n) is 9.75. The summed E-state index contributed by atoms with van der Waals surface area (Å²) in [6, 6.07) is 0. The number of carbonyl (C=O) groups excluding carboxylic acids is 1. The molecule has 0 bridgehead atoms. The van der Waals surface area contributed by atoms with E-state index in [1.54, 1.807) is 0 Å². The van der Waals surface area contributed by atoms with Crippen molar-refractivity contribution in [2.45, 2.75) is 39.2 Å². The fourth-order valence-corrected chi connectivity index (χ4v) is 2.40. The van der Waals surface area contributed by atoms with Crippen LogP contribution in [-0.2, 0) is 4.74 Å². The summed E-state index contributed by atoms with van der Waals surface area (Å²) in [5.41, 5.74) is -0.381. The first-order valence-electron chi connectivity index (χ1n) is 5.46. The van der Waals surface area contributed by atoms with Gasteiger partial charge in [-0.25, -0.2) is 4.79 Å². The van der Waals surface area contributed by atoms with Gasteiger partial charge in [-0.2, -0.15) is 0 Å². The summed E-state index contributed by atoms with van der Waals surface area (Å²) >= 11 is 2.39. The summed E-state index contributed by atoms with van der Waals surface area (Å²) < 4.78 is 6.48. The van der Waals surface area contributed by atoms with Gasteiger partial charge in [-0.05, 0) is 39.5 Å². The van der Waals surface area contributed by atoms with Crippen LogP contribution >= 0.6 is 22.6 Å². The Kier molecular flexibility index (Phi) is 4.67. The molecule has 15 heavy (non-hydrogen) atoms. The highest BCUT2D eigenvalue weighted by Crippen LogP contribution is 2.20. The number of halogens is 1. The highest BCUT2D eigenvalue weighted by molar-refractivity contribution is 14.1. The van der Waals surface area contributed by atoms with Gasteiger partial charge in [0.15, 0.2) is 0 Å². The number of piperidine rings is 1. The molecule has 1 fully saturated rings. The molecule has 0 unspecified atom stereocenters. The second-order valence-electron chi connectivity index (χ2n) is 5.09. The van der Waals surface area contributed by atoms with Gasteiger partial charge in [-0.1, -0.05) is 22.6 Å². The van der Waals surface area contributed by atoms with Crippen molar-refractivity contribution < 1.29 is 9.53 Å². The third-order valence-corrected chi connectivity index (χ3v) is 3.63. The van der Waals surface area contributed by atoms with E-state index >= 15 is 0 Å². The summed E-state index contributed by atoms with van der Waals surface area (Å²) in [5.74, 6) is 0.645. The lowest BCUT2D eigenvalue weighted by Gasteiger charge is -2.33. The third-order valence-electron chi connectivity index (χ3n) is 2.39. The van der Waals surface area contributed by atoms with Crippen molar-refractivity contribution in [2.75, 3.05) is 17.5 Å². The van der Waals surface area contributed by atoms with E-state index in [-0.39, 0.29) is 11.7 Å². The molecule has 88 valence electrons. The van der Waals surface area contributed by atoms with Crippen LogP contribution in [0.3, 0.4) is 0 Å². The Balaban J connectivity index is 2.45. The van der Waals surface area contributed by atoms with Crippen LogP contribution in [0.4, 0.5) is 4.79 Å². The van der Waals surface area contributed by atoms with Gasteiger partial charge >= 0.3 is 6.09 Å². The first-order chi connectivity index (χ1) is 6.92. The predicted octanol–water partition coefficient (Wildman–Crippen LogP) is 3.07. The second-order valence-corrected chi connectivity index (χ2v) is 5.97. The van der Waals surface area contributed by atoms with Crippen LogP contribution in [0.25, 0.3) is 0 Å². The maximum absolute atomic E-state index is 11.8. The molecule has 1 aliphatic rings. The lowest BCUT2D eigenvalue weighted by atomic mass is 10.0. The van der Waals surface area contributed by atoms with Crippen LogP contribution in [0.2, 0.25) is 0 Å². The number of hydrogen-bond donors (Lipinski definition) is 0. The number of ether oxygens (including phenoxy) is 1. The van der Waals surface area contributed by atoms with Gasteiger partial charge in [0.2, 0.25) is 0 Å². The topological polar surface area (TPSA) is 29.5 Å². The maximum atomic E-state index is 11.8. The van der Waals surface area contributed by atoms with Crippen molar-refractivity contribution >= 4 is 28.7 Å². The fraction of sp³-hybridized carbons (Fsp3) is 0.909. The minimum absolute atomic E-state index is 0.156. The van der Waals surface area contributed by atoms with Crippen LogP contribution in [0.1, 0.15) is 33.6 Å². The van der Waals surface area contributed by atoms with E-state index in [0.29, 0.717) is 5.92 Å². The van der Waals surface area contributed by atoms with Gasteiger partial charge in [0.1, 0.15) is 5.60 Å². The van der Waals surface area contributed by atoms with E-state index in [2.05, 4.69) is 22.6 Å². The summed E-state index contributed by atoms with van der Waals surface area (Å²) in [5, 5.41) is 0. The average molecular weight is 325 g/mol. The molecule has 4 heteroatoms. The molecule has 0 N–H and O–H groups in total. The molecule has 0 aromatic rings. The minimum atomic E-state index is -0.381. The Bertz CT molecular complexity index is 225. The highest BCUT2D eigenvalue weighted by Gasteiger charge is 2.26. The van der Waals surface area contributed by atoms with Gasteiger partial charge in [0, 0.05) is 17.5 Å². The smallest absolute Gasteiger partial charge is 0.410 e. The molecule has 1 rings (SSSR count). The Hall–Kier alpha value is 0. The number of nitrogens with zero attached hydrogens (tertiary/aromatic N) is 1. The van der Waals surface area contributed by atoms with Crippen LogP contribution in [-0.4, -0.2) is 34.1 Å². The van der Waals surface area contributed by atoms with E-state index in [1.807, 2.05) is 25.7 Å². The molecular weight excluding hydrogens is 305 g/mol. The van der Waals surface area contributed by atoms with Crippen molar-refractivity contribution in [3.8, 4) is 0 Å². The highest BCUT2D eigenvalue weighted by atomic mass is 127. The predicted molar refractivity (Wildman–Crippen MR) is 69.4 cm³/mol. The van der Waals surface area contributed by atoms with Crippen molar-refractivity contribution in [2.24, 2.45) is 5.92 Å². The van der Waals surface area contributed by atoms with E-state index in [1.165, 1.54) is 6.42 Å². The van der Waals surface area contributed by atoms with Crippen molar-refractivity contribution in [3.05, 3.63) is 0 Å². The van der Waals surface area contributed by atoms with Gasteiger partial charge in [-0.15, -0.1) is 0 Å². The zero-order valence-corrected chi connectivity index (χ0v) is 11.9. The molecule has 1 amide bonds. The standard InChI is InChI=1S/C11H20INO2/c1-11(2,3)15-10(14)13-6-4-5-9(7-12)8-13/h9H,4-8H2,1-3H3/t9-/m1/s1. The van der Waals surface area contributed by atoms with Gasteiger partial charge in [-0.3, -0.25) is 0 Å². The number of rotatable bonds is 1. The molecule has 3 nitrogen and oxygen atoms in total. The average Bonchev–Trinajstić information content (AvgIpc) is 2.15. The molecule has 1 aliphatic heterocycles. The fourth-order valence-electron chi connectivity index (χ4n) is 1.68. The zero-order chi connectivity index (χ0) is 11.5. The van der Waals surface area contributed by atoms with Crippen LogP contribution in [0.5, 0.6) is 0 Å². The Morgan fingerprint density at radius 1 is 1.53 bits per heavy atom. The molecule has 0 saturated carbocycles. The number of carbonyl (C=O) groups is 1. The molecule has 0 aromatic carbocycles. The van der Waals surface area contributed by atoms with E-state index in [0.717, 1.165) is 23.9 Å². The summed E-state index contributed by atoms with van der Waals surface area (Å²) in [6.45, 7) is 7.43. The lowest BCUT2D eigenvalue weighted by molar-refractivity contribution is 0.0178. The quantitative estimate of drug-likeness (QED) is 0.548. The molecule has 0 spiro atoms. The van der Waals surface area contributed by atoms with Gasteiger partial charge in [0.25, 0.3) is 0 Å². The second kappa shape index (κ2) is 5.37. The SMILES string of the molecule is CC(C)(C)OC(=O)N1CCC[C@H](CI)C1. The summed E-state index contributed by atoms with van der Waals surface area (Å²) in [6.07, 6.45) is 2.19. The number of amides is 1. The molecule has 1 atom stereocenters. The molecule has 0 aromatic heterocycles. The van der Waals surface area contributed by atoms with Gasteiger partial charge in [0.05, 0.1) is 0 Å². The summed E-state index contributed by atoms with van der Waals surface area (Å²) in [4.78, 5) is 13.6. The van der Waals surface area contributed by atoms with E-state index < -0.39 is 0 Å². The number of likely N-dealkylation sites (tertiary alicyclic amines) is 1. The van der Waals surface area contributed by atoms with Crippen LogP contribution in [0, 0.1) is 5.92 Å². The van der Waals surface area contributed by atoms with E-state index in [9.17, 15) is 4.79 Å². The van der Waals surface area contributed by atoms with E-state index in [4.69, 9.17) is 4.74 Å². The first-order valence-corrected chi connectivity index (χ1v) is 6.99. The molecule has 1 saturated heterocycles. The largest absolute Gasteiger partial charge is 0.444 e. The number of hydrogen-bond acceptors (Lipinski definition) is 2. The Morgan fingerprint density at radius 2 is 2.20 bits per heavy atom. The van der Waals surface area contributed by atoms with Crippen molar-refractivity contribution in [3.63, 3.8) is 0 Å². The van der Waals surface area contributed by atoms with Crippen molar-refractivity contribution in [1.82, 2.24) is 4.90 Å². The monoisotopic (exact) mass is 325 g/mol. The first kappa shape index (κ1) is 13.1. The molecule has 0 aliphatic carbocycles. The minimum Gasteiger partial charge on any atom is -0.444 e. The molecule has 1 heterocycles. The van der Waals surface area contributed by atoms with Gasteiger partial charge < -0.3 is 9.64 Å². The Morgan fingerprint density at radius 3 is 2.73 bits per heavy atom. The number of alkyl halides is 1. The third kappa shape index (κ3) is 4.57. The maximum Gasteiger partial charge on any atom is 0.410 e. The molecular formula is C11H20INO2. The summed E-state index contributed by atoms with van der Waals surface area (Å²) in [7, 11) is 0. The molecule has 0 radical (unpaired) electrons. The lowest BCUT2D eigenvalue weighted by Crippen LogP contribution is -2.43. The van der Waals surface area contributed by atoms with Crippen LogP contribution in [0.15, 0.2) is 0 Å². The normalized spacial score (nSPS) is 22.7.